The number of unbranched alkanes of at least 4 members (excludes halogenated alkanes) is 2. The molecule has 6 atom stereocenters. The highest BCUT2D eigenvalue weighted by Gasteiger charge is 2.48. The van der Waals surface area contributed by atoms with Crippen LogP contribution in [0.2, 0.25) is 0 Å². The van der Waals surface area contributed by atoms with Gasteiger partial charge in [0.2, 0.25) is 5.91 Å². The van der Waals surface area contributed by atoms with Crippen molar-refractivity contribution in [3.8, 4) is 0 Å². The Balaban J connectivity index is 2.73. The molecule has 0 aromatic rings. The minimum atomic E-state index is -1.26. The second-order valence-corrected chi connectivity index (χ2v) is 9.63. The lowest BCUT2D eigenvalue weighted by Gasteiger charge is -2.44. The van der Waals surface area contributed by atoms with Gasteiger partial charge in [0.25, 0.3) is 5.91 Å². The summed E-state index contributed by atoms with van der Waals surface area (Å²) in [4.78, 5) is 59.7. The van der Waals surface area contributed by atoms with Gasteiger partial charge in [0, 0.05) is 61.5 Å². The van der Waals surface area contributed by atoms with Crippen molar-refractivity contribution in [2.75, 3.05) is 41.1 Å². The number of hydrogen-bond acceptors (Lipinski definition) is 13. The van der Waals surface area contributed by atoms with Crippen molar-refractivity contribution < 1.29 is 61.9 Å². The molecule has 1 saturated heterocycles. The predicted molar refractivity (Wildman–Crippen MR) is 145 cm³/mol. The zero-order valence-corrected chi connectivity index (χ0v) is 25.5. The Morgan fingerprint density at radius 1 is 0.857 bits per heavy atom. The molecule has 0 aliphatic carbocycles. The van der Waals surface area contributed by atoms with Crippen LogP contribution >= 0.6 is 0 Å². The first-order chi connectivity index (χ1) is 19.9. The Labute approximate surface area is 246 Å². The molecule has 1 fully saturated rings. The molecule has 1 heterocycles. The average molecular weight is 607 g/mol. The lowest BCUT2D eigenvalue weighted by Crippen LogP contribution is -2.65. The number of ether oxygens (including phenoxy) is 8. The highest BCUT2D eigenvalue weighted by Crippen LogP contribution is 2.27. The summed E-state index contributed by atoms with van der Waals surface area (Å²) in [7, 11) is 4.38. The monoisotopic (exact) mass is 606 g/mol. The minimum Gasteiger partial charge on any atom is -0.466 e. The van der Waals surface area contributed by atoms with Crippen molar-refractivity contribution in [1.82, 2.24) is 10.6 Å². The fourth-order valence-electron chi connectivity index (χ4n) is 4.23. The second-order valence-electron chi connectivity index (χ2n) is 9.63. The van der Waals surface area contributed by atoms with Crippen LogP contribution in [-0.4, -0.2) is 114 Å². The molecule has 0 aromatic carbocycles. The smallest absolute Gasteiger partial charge is 0.303 e. The molecule has 0 aromatic heterocycles. The highest BCUT2D eigenvalue weighted by atomic mass is 16.7. The molecular formula is C27H46N2O13. The lowest BCUT2D eigenvalue weighted by atomic mass is 9.96. The molecule has 42 heavy (non-hydrogen) atoms. The fourth-order valence-corrected chi connectivity index (χ4v) is 4.23. The van der Waals surface area contributed by atoms with Gasteiger partial charge in [-0.05, 0) is 19.8 Å². The van der Waals surface area contributed by atoms with E-state index in [9.17, 15) is 24.0 Å². The van der Waals surface area contributed by atoms with Crippen LogP contribution in [0.5, 0.6) is 0 Å². The van der Waals surface area contributed by atoms with Crippen LogP contribution in [-0.2, 0) is 61.9 Å². The molecule has 0 spiro atoms. The van der Waals surface area contributed by atoms with Gasteiger partial charge in [0.05, 0.1) is 25.3 Å². The molecular weight excluding hydrogens is 560 g/mol. The van der Waals surface area contributed by atoms with Gasteiger partial charge in [-0.2, -0.15) is 0 Å². The van der Waals surface area contributed by atoms with Crippen molar-refractivity contribution in [3.05, 3.63) is 0 Å². The Bertz CT molecular complexity index is 867. The summed E-state index contributed by atoms with van der Waals surface area (Å²) in [5.74, 6) is -2.65. The molecule has 2 N–H and O–H groups in total. The van der Waals surface area contributed by atoms with Crippen LogP contribution in [0.4, 0.5) is 0 Å². The molecule has 1 aliphatic rings. The van der Waals surface area contributed by atoms with E-state index in [1.165, 1.54) is 35.2 Å². The summed E-state index contributed by atoms with van der Waals surface area (Å²) in [6, 6.07) is -0.882. The van der Waals surface area contributed by atoms with Crippen molar-refractivity contribution >= 4 is 29.7 Å². The quantitative estimate of drug-likeness (QED) is 0.0890. The average Bonchev–Trinajstić information content (AvgIpc) is 2.91. The summed E-state index contributed by atoms with van der Waals surface area (Å²) in [6.07, 6.45) is -3.04. The van der Waals surface area contributed by atoms with Crippen molar-refractivity contribution in [2.45, 2.75) is 103 Å². The zero-order chi connectivity index (χ0) is 31.7. The first kappa shape index (κ1) is 37.2. The van der Waals surface area contributed by atoms with E-state index in [2.05, 4.69) is 10.6 Å². The Morgan fingerprint density at radius 3 is 2.12 bits per heavy atom. The summed E-state index contributed by atoms with van der Waals surface area (Å²) >= 11 is 0. The molecule has 0 unspecified atom stereocenters. The number of amides is 2. The zero-order valence-electron chi connectivity index (χ0n) is 25.5. The number of carbonyl (C=O) groups excluding carboxylic acids is 5. The van der Waals surface area contributed by atoms with Gasteiger partial charge < -0.3 is 48.5 Å². The van der Waals surface area contributed by atoms with Crippen LogP contribution < -0.4 is 10.6 Å². The van der Waals surface area contributed by atoms with Crippen LogP contribution in [0.15, 0.2) is 0 Å². The van der Waals surface area contributed by atoms with Crippen molar-refractivity contribution in [3.63, 3.8) is 0 Å². The molecule has 0 saturated carbocycles. The Hall–Kier alpha value is -2.85. The minimum absolute atomic E-state index is 0.0763. The van der Waals surface area contributed by atoms with Gasteiger partial charge in [0.15, 0.2) is 24.8 Å². The SMILES string of the molecule is COC(CNC(=O)CCCCCO[C@H]1O[C@H](C)[C@@H](NC(=O)[C@H](CCOC(C)=O)OC(C)=O)[C@H](OC(C)=O)[C@@H]1OC)OC. The molecule has 2 amide bonds. The summed E-state index contributed by atoms with van der Waals surface area (Å²) in [6.45, 7) is 5.66. The Kier molecular flexibility index (Phi) is 17.8. The maximum Gasteiger partial charge on any atom is 0.303 e. The van der Waals surface area contributed by atoms with Gasteiger partial charge in [-0.1, -0.05) is 6.42 Å². The van der Waals surface area contributed by atoms with E-state index >= 15 is 0 Å². The van der Waals surface area contributed by atoms with E-state index in [-0.39, 0.29) is 32.1 Å². The Morgan fingerprint density at radius 2 is 1.55 bits per heavy atom. The molecule has 0 bridgehead atoms. The third-order valence-electron chi connectivity index (χ3n) is 6.29. The van der Waals surface area contributed by atoms with Gasteiger partial charge in [0.1, 0.15) is 6.10 Å². The molecule has 1 rings (SSSR count). The maximum absolute atomic E-state index is 13.1. The number of hydrogen-bond donors (Lipinski definition) is 2. The van der Waals surface area contributed by atoms with Gasteiger partial charge >= 0.3 is 17.9 Å². The number of methoxy groups -OCH3 is 3. The van der Waals surface area contributed by atoms with Gasteiger partial charge in [-0.25, -0.2) is 0 Å². The normalized spacial score (nSPS) is 22.6. The van der Waals surface area contributed by atoms with Gasteiger partial charge in [-0.3, -0.25) is 24.0 Å². The number of nitrogens with one attached hydrogen (secondary N) is 2. The predicted octanol–water partition coefficient (Wildman–Crippen LogP) is 0.360. The number of carbonyl (C=O) groups is 5. The number of rotatable bonds is 19. The lowest BCUT2D eigenvalue weighted by molar-refractivity contribution is -0.280. The van der Waals surface area contributed by atoms with Crippen molar-refractivity contribution in [1.29, 1.82) is 0 Å². The highest BCUT2D eigenvalue weighted by molar-refractivity contribution is 5.83. The largest absolute Gasteiger partial charge is 0.466 e. The molecule has 1 aliphatic heterocycles. The van der Waals surface area contributed by atoms with Crippen LogP contribution in [0.3, 0.4) is 0 Å². The van der Waals surface area contributed by atoms with E-state index in [0.717, 1.165) is 6.92 Å². The van der Waals surface area contributed by atoms with E-state index in [4.69, 9.17) is 37.9 Å². The van der Waals surface area contributed by atoms with E-state index in [1.54, 1.807) is 6.92 Å². The standard InChI is InChI=1S/C27H46N2O13/c1-16-23(29-26(34)20(41-18(3)31)12-14-38-17(2)30)24(42-19(4)32)25(37-7)27(40-16)39-13-10-8-9-11-21(33)28-15-22(35-5)36-6/h16,20,22-25,27H,8-15H2,1-7H3,(H,28,33)(H,29,34)/t16-,20+,23-,24+,25+,27+/m1/s1. The first-order valence-electron chi connectivity index (χ1n) is 13.8. The maximum atomic E-state index is 13.1. The topological polar surface area (TPSA) is 183 Å². The van der Waals surface area contributed by atoms with E-state index < -0.39 is 66.9 Å². The third-order valence-corrected chi connectivity index (χ3v) is 6.29. The number of esters is 3. The second kappa shape index (κ2) is 20.1. The van der Waals surface area contributed by atoms with Crippen molar-refractivity contribution in [2.24, 2.45) is 0 Å². The summed E-state index contributed by atoms with van der Waals surface area (Å²) in [5.41, 5.74) is 0. The summed E-state index contributed by atoms with van der Waals surface area (Å²) in [5, 5.41) is 5.47. The first-order valence-corrected chi connectivity index (χ1v) is 13.8. The van der Waals surface area contributed by atoms with Gasteiger partial charge in [-0.15, -0.1) is 0 Å². The van der Waals surface area contributed by atoms with E-state index in [1.807, 2.05) is 0 Å². The summed E-state index contributed by atoms with van der Waals surface area (Å²) < 4.78 is 43.1. The van der Waals surface area contributed by atoms with Crippen LogP contribution in [0.1, 0.15) is 59.8 Å². The van der Waals surface area contributed by atoms with Crippen LogP contribution in [0.25, 0.3) is 0 Å². The molecule has 0 radical (unpaired) electrons. The van der Waals surface area contributed by atoms with Crippen LogP contribution in [0, 0.1) is 0 Å². The molecule has 15 nitrogen and oxygen atoms in total. The third kappa shape index (κ3) is 13.9. The fraction of sp³-hybridized carbons (Fsp3) is 0.815. The molecule has 15 heteroatoms. The van der Waals surface area contributed by atoms with E-state index in [0.29, 0.717) is 25.7 Å². The molecule has 242 valence electrons.